The van der Waals surface area contributed by atoms with E-state index in [0.29, 0.717) is 42.9 Å². The smallest absolute Gasteiger partial charge is 0.386 e. The highest BCUT2D eigenvalue weighted by molar-refractivity contribution is 7.90. The van der Waals surface area contributed by atoms with Crippen molar-refractivity contribution in [3.05, 3.63) is 41.5 Å². The Morgan fingerprint density at radius 2 is 1.88 bits per heavy atom. The molecule has 0 unspecified atom stereocenters. The van der Waals surface area contributed by atoms with Crippen LogP contribution in [0.3, 0.4) is 0 Å². The molecule has 0 aliphatic carbocycles. The lowest BCUT2D eigenvalue weighted by molar-refractivity contribution is -0.688. The van der Waals surface area contributed by atoms with Crippen LogP contribution in [0.15, 0.2) is 29.3 Å². The first-order valence-corrected chi connectivity index (χ1v) is 12.8. The van der Waals surface area contributed by atoms with Crippen molar-refractivity contribution in [2.45, 2.75) is 63.5 Å². The predicted octanol–water partition coefficient (Wildman–Crippen LogP) is 2.80. The molecule has 0 bridgehead atoms. The molecule has 1 aliphatic heterocycles. The Labute approximate surface area is 195 Å². The van der Waals surface area contributed by atoms with Crippen molar-refractivity contribution < 1.29 is 31.3 Å². The van der Waals surface area contributed by atoms with E-state index in [-0.39, 0.29) is 23.0 Å². The molecule has 0 saturated heterocycles. The number of hydrogen-bond acceptors (Lipinski definition) is 6. The molecule has 12 heteroatoms. The fourth-order valence-corrected chi connectivity index (χ4v) is 4.86. The van der Waals surface area contributed by atoms with Crippen molar-refractivity contribution in [3.8, 4) is 0 Å². The lowest BCUT2D eigenvalue weighted by atomic mass is 9.98. The van der Waals surface area contributed by atoms with Crippen molar-refractivity contribution in [2.75, 3.05) is 17.7 Å². The van der Waals surface area contributed by atoms with Gasteiger partial charge in [-0.1, -0.05) is 11.9 Å². The number of alkyl halides is 3. The van der Waals surface area contributed by atoms with Gasteiger partial charge in [0.1, 0.15) is 12.4 Å². The van der Waals surface area contributed by atoms with Gasteiger partial charge in [0.2, 0.25) is 5.69 Å². The van der Waals surface area contributed by atoms with Crippen LogP contribution >= 0.6 is 0 Å². The van der Waals surface area contributed by atoms with Crippen molar-refractivity contribution in [3.63, 3.8) is 0 Å². The summed E-state index contributed by atoms with van der Waals surface area (Å²) in [5.74, 6) is 0.758. The highest BCUT2D eigenvalue weighted by atomic mass is 32.2. The Balaban J connectivity index is 1.80. The Morgan fingerprint density at radius 3 is 2.47 bits per heavy atom. The van der Waals surface area contributed by atoms with E-state index in [9.17, 15) is 26.7 Å². The maximum absolute atomic E-state index is 13.9. The third kappa shape index (κ3) is 4.48. The maximum atomic E-state index is 13.9. The quantitative estimate of drug-likeness (QED) is 0.544. The number of fused-ring (bicyclic) bond motifs is 3. The summed E-state index contributed by atoms with van der Waals surface area (Å²) in [4.78, 5) is 10.5. The lowest BCUT2D eigenvalue weighted by Crippen LogP contribution is -2.48. The van der Waals surface area contributed by atoms with Crippen LogP contribution in [0.25, 0.3) is 11.0 Å². The van der Waals surface area contributed by atoms with Crippen LogP contribution in [-0.2, 0) is 41.2 Å². The lowest BCUT2D eigenvalue weighted by Gasteiger charge is -2.27. The van der Waals surface area contributed by atoms with E-state index in [2.05, 4.69) is 9.97 Å². The molecule has 8 nitrogen and oxygen atoms in total. The number of sulfone groups is 1. The van der Waals surface area contributed by atoms with Gasteiger partial charge in [-0.2, -0.15) is 13.2 Å². The number of benzene rings is 1. The van der Waals surface area contributed by atoms with Gasteiger partial charge in [-0.3, -0.25) is 4.90 Å². The second-order valence-electron chi connectivity index (χ2n) is 9.08. The number of halogens is 3. The van der Waals surface area contributed by atoms with Gasteiger partial charge in [-0.05, 0) is 38.5 Å². The summed E-state index contributed by atoms with van der Waals surface area (Å²) >= 11 is 0. The molecule has 34 heavy (non-hydrogen) atoms. The van der Waals surface area contributed by atoms with Gasteiger partial charge in [0.25, 0.3) is 0 Å². The summed E-state index contributed by atoms with van der Waals surface area (Å²) in [5, 5.41) is 10.4. The number of aliphatic hydroxyl groups is 1. The van der Waals surface area contributed by atoms with Gasteiger partial charge in [0, 0.05) is 6.26 Å². The van der Waals surface area contributed by atoms with E-state index in [0.717, 1.165) is 6.26 Å². The number of anilines is 1. The van der Waals surface area contributed by atoms with Crippen LogP contribution < -0.4 is 9.47 Å². The summed E-state index contributed by atoms with van der Waals surface area (Å²) in [6.45, 7) is 5.92. The molecule has 0 spiro atoms. The van der Waals surface area contributed by atoms with Gasteiger partial charge in [-0.15, -0.1) is 0 Å². The Bertz CT molecular complexity index is 1360. The van der Waals surface area contributed by atoms with Crippen molar-refractivity contribution in [1.82, 2.24) is 14.5 Å². The number of rotatable bonds is 5. The zero-order chi connectivity index (χ0) is 25.1. The third-order valence-corrected chi connectivity index (χ3v) is 6.95. The third-order valence-electron chi connectivity index (χ3n) is 5.84. The van der Waals surface area contributed by atoms with Crippen LogP contribution in [0.2, 0.25) is 0 Å². The minimum Gasteiger partial charge on any atom is -0.386 e. The average molecular weight is 499 g/mol. The molecule has 0 radical (unpaired) electrons. The largest absolute Gasteiger partial charge is 0.450 e. The Morgan fingerprint density at radius 1 is 1.18 bits per heavy atom. The number of aromatic nitrogens is 4. The standard InChI is InChI=1S/C22H27F3N5O3S/c1-5-8-28-12-15(21(2,3)31)19(22(23,24)25)27-20(28)29-9-10-30-17-11-14(34(4,32)33)6-7-16(17)26-18(30)13-29/h6-7,11-12,31H,5,8-10,13H2,1-4H3/q+1. The molecular weight excluding hydrogens is 471 g/mol. The van der Waals surface area contributed by atoms with Gasteiger partial charge in [-0.25, -0.2) is 18.0 Å². The van der Waals surface area contributed by atoms with Crippen LogP contribution in [-0.4, -0.2) is 40.9 Å². The zero-order valence-corrected chi connectivity index (χ0v) is 20.2. The van der Waals surface area contributed by atoms with E-state index < -0.39 is 27.3 Å². The van der Waals surface area contributed by atoms with E-state index in [1.807, 2.05) is 11.5 Å². The molecule has 0 saturated carbocycles. The molecule has 0 fully saturated rings. The number of nitrogens with zero attached hydrogens (tertiary/aromatic N) is 5. The van der Waals surface area contributed by atoms with Gasteiger partial charge < -0.3 is 9.67 Å². The van der Waals surface area contributed by atoms with Crippen LogP contribution in [0.4, 0.5) is 19.1 Å². The SMILES string of the molecule is CCC[n+]1cc(C(C)(C)O)c(C(F)(F)F)nc1N1CCn2c(nc3ccc(S(C)(=O)=O)cc32)C1. The summed E-state index contributed by atoms with van der Waals surface area (Å²) in [7, 11) is -3.39. The topological polar surface area (TPSA) is 92.2 Å². The highest BCUT2D eigenvalue weighted by Gasteiger charge is 2.45. The molecule has 1 aromatic carbocycles. The molecule has 3 aromatic rings. The summed E-state index contributed by atoms with van der Waals surface area (Å²) < 4.78 is 69.1. The monoisotopic (exact) mass is 498 g/mol. The Kier molecular flexibility index (Phi) is 5.88. The van der Waals surface area contributed by atoms with Gasteiger partial charge >= 0.3 is 12.1 Å². The van der Waals surface area contributed by atoms with Gasteiger partial charge in [0.05, 0.1) is 52.9 Å². The minimum atomic E-state index is -4.74. The van der Waals surface area contributed by atoms with E-state index >= 15 is 0 Å². The molecular formula is C22H27F3N5O3S+. The normalized spacial score (nSPS) is 15.1. The highest BCUT2D eigenvalue weighted by Crippen LogP contribution is 2.36. The minimum absolute atomic E-state index is 0.150. The summed E-state index contributed by atoms with van der Waals surface area (Å²) in [5.41, 5.74) is -1.83. The van der Waals surface area contributed by atoms with Crippen molar-refractivity contribution in [1.29, 1.82) is 0 Å². The molecule has 2 aromatic heterocycles. The predicted molar refractivity (Wildman–Crippen MR) is 119 cm³/mol. The maximum Gasteiger partial charge on any atom is 0.450 e. The van der Waals surface area contributed by atoms with E-state index in [1.165, 1.54) is 26.1 Å². The number of imidazole rings is 1. The molecule has 0 amide bonds. The van der Waals surface area contributed by atoms with Crippen molar-refractivity contribution in [2.24, 2.45) is 0 Å². The molecule has 4 rings (SSSR count). The first-order chi connectivity index (χ1) is 15.7. The van der Waals surface area contributed by atoms with Crippen LogP contribution in [0, 0.1) is 0 Å². The molecule has 184 valence electrons. The van der Waals surface area contributed by atoms with Crippen molar-refractivity contribution >= 4 is 26.8 Å². The van der Waals surface area contributed by atoms with Crippen LogP contribution in [0.1, 0.15) is 44.3 Å². The van der Waals surface area contributed by atoms with Crippen LogP contribution in [0.5, 0.6) is 0 Å². The summed E-state index contributed by atoms with van der Waals surface area (Å²) in [6.07, 6.45) is -1.60. The number of hydrogen-bond donors (Lipinski definition) is 1. The van der Waals surface area contributed by atoms with E-state index in [4.69, 9.17) is 0 Å². The fraction of sp³-hybridized carbons (Fsp3) is 0.500. The van der Waals surface area contributed by atoms with Gasteiger partial charge in [0.15, 0.2) is 9.84 Å². The second-order valence-corrected chi connectivity index (χ2v) is 11.1. The zero-order valence-electron chi connectivity index (χ0n) is 19.4. The molecule has 1 N–H and O–H groups in total. The summed E-state index contributed by atoms with van der Waals surface area (Å²) in [6, 6.07) is 4.71. The first-order valence-electron chi connectivity index (χ1n) is 10.9. The average Bonchev–Trinajstić information content (AvgIpc) is 3.08. The first kappa shape index (κ1) is 24.4. The fourth-order valence-electron chi connectivity index (χ4n) is 4.22. The molecule has 3 heterocycles. The molecule has 1 aliphatic rings. The molecule has 0 atom stereocenters. The second kappa shape index (κ2) is 8.19. The number of aryl methyl sites for hydroxylation is 1. The Hall–Kier alpha value is -2.73. The van der Waals surface area contributed by atoms with E-state index in [1.54, 1.807) is 21.6 Å².